The van der Waals surface area contributed by atoms with Crippen LogP contribution >= 0.6 is 0 Å². The van der Waals surface area contributed by atoms with E-state index in [2.05, 4.69) is 0 Å². The number of carbonyl (C=O) groups excluding carboxylic acids is 1. The van der Waals surface area contributed by atoms with E-state index in [-0.39, 0.29) is 25.2 Å². The molecule has 0 aromatic carbocycles. The molecule has 0 aliphatic rings. The normalized spacial score (nSPS) is 16.1. The van der Waals surface area contributed by atoms with Gasteiger partial charge in [-0.1, -0.05) is 20.8 Å². The topological polar surface area (TPSA) is 146 Å². The summed E-state index contributed by atoms with van der Waals surface area (Å²) in [6.45, 7) is 4.37. The minimum Gasteiger partial charge on any atom is -0.481 e. The first kappa shape index (κ1) is 25.0. The van der Waals surface area contributed by atoms with Gasteiger partial charge in [0.1, 0.15) is 19.8 Å². The Bertz CT molecular complexity index is 487. The lowest BCUT2D eigenvalue weighted by molar-refractivity contribution is -0.145. The maximum absolute atomic E-state index is 11.7. The summed E-state index contributed by atoms with van der Waals surface area (Å²) in [4.78, 5) is 11.7. The first-order valence-electron chi connectivity index (χ1n) is 9.01. The molecule has 0 aliphatic heterocycles. The number of esters is 1. The van der Waals surface area contributed by atoms with Crippen molar-refractivity contribution in [3.05, 3.63) is 23.5 Å². The minimum absolute atomic E-state index is 0.110. The van der Waals surface area contributed by atoms with E-state index in [4.69, 9.17) is 14.2 Å². The number of carbonyl (C=O) groups is 1. The molecule has 0 saturated heterocycles. The Labute approximate surface area is 159 Å². The summed E-state index contributed by atoms with van der Waals surface area (Å²) in [6, 6.07) is 0. The molecule has 0 rings (SSSR count). The molecule has 0 radical (unpaired) electrons. The highest BCUT2D eigenvalue weighted by atomic mass is 16.6. The Morgan fingerprint density at radius 2 is 1.37 bits per heavy atom. The molecule has 0 heterocycles. The van der Waals surface area contributed by atoms with Crippen LogP contribution in [0, 0.1) is 0 Å². The van der Waals surface area contributed by atoms with Gasteiger partial charge in [-0.3, -0.25) is 4.79 Å². The zero-order valence-corrected chi connectivity index (χ0v) is 16.1. The van der Waals surface area contributed by atoms with Crippen LogP contribution in [0.1, 0.15) is 46.5 Å². The van der Waals surface area contributed by atoms with Crippen LogP contribution in [0.15, 0.2) is 23.5 Å². The summed E-state index contributed by atoms with van der Waals surface area (Å²) < 4.78 is 14.9. The average Bonchev–Trinajstić information content (AvgIpc) is 2.66. The van der Waals surface area contributed by atoms with Gasteiger partial charge in [-0.2, -0.15) is 0 Å². The van der Waals surface area contributed by atoms with E-state index in [9.17, 15) is 30.3 Å². The fourth-order valence-corrected chi connectivity index (χ4v) is 1.59. The molecule has 0 aromatic heterocycles. The van der Waals surface area contributed by atoms with Crippen molar-refractivity contribution in [2.75, 3.05) is 19.8 Å². The van der Waals surface area contributed by atoms with Crippen LogP contribution in [0.25, 0.3) is 0 Å². The zero-order chi connectivity index (χ0) is 20.8. The van der Waals surface area contributed by atoms with E-state index in [0.717, 1.165) is 6.08 Å². The number of rotatable bonds is 14. The van der Waals surface area contributed by atoms with Crippen molar-refractivity contribution < 1.29 is 44.5 Å². The number of aliphatic hydroxyl groups excluding tert-OH is 5. The molecule has 0 aromatic rings. The molecule has 9 heteroatoms. The third-order valence-electron chi connectivity index (χ3n) is 3.61. The molecule has 0 aliphatic carbocycles. The Morgan fingerprint density at radius 3 is 1.89 bits per heavy atom. The summed E-state index contributed by atoms with van der Waals surface area (Å²) in [7, 11) is 0. The van der Waals surface area contributed by atoms with E-state index in [0.29, 0.717) is 19.3 Å². The van der Waals surface area contributed by atoms with Crippen molar-refractivity contribution >= 4 is 5.97 Å². The molecule has 3 atom stereocenters. The van der Waals surface area contributed by atoms with Gasteiger partial charge in [0.2, 0.25) is 0 Å². The molecule has 0 spiro atoms. The summed E-state index contributed by atoms with van der Waals surface area (Å²) in [5.41, 5.74) is -0.110. The third kappa shape index (κ3) is 12.1. The van der Waals surface area contributed by atoms with E-state index in [1.807, 2.05) is 0 Å². The maximum Gasteiger partial charge on any atom is 0.308 e. The van der Waals surface area contributed by atoms with Crippen LogP contribution in [-0.2, 0) is 19.0 Å². The standard InChI is InChI=1S/C18H32O9/c1-4-13(19)8-17(23)25-9-12(18(24)27-11-15(21)6-3)7-16(22)26-10-14(20)5-2/h7,13-15,19-22,24H,4-6,8-11H2,1-3H3/b16-7+,18-12+. The highest BCUT2D eigenvalue weighted by molar-refractivity contribution is 5.70. The second-order valence-electron chi connectivity index (χ2n) is 5.99. The van der Waals surface area contributed by atoms with Crippen LogP contribution in [-0.4, -0.2) is 69.6 Å². The fraction of sp³-hybridized carbons (Fsp3) is 0.722. The Balaban J connectivity index is 5.05. The van der Waals surface area contributed by atoms with E-state index >= 15 is 0 Å². The van der Waals surface area contributed by atoms with Crippen molar-refractivity contribution in [3.63, 3.8) is 0 Å². The molecular formula is C18H32O9. The van der Waals surface area contributed by atoms with Gasteiger partial charge in [0, 0.05) is 6.08 Å². The van der Waals surface area contributed by atoms with Gasteiger partial charge in [-0.15, -0.1) is 0 Å². The van der Waals surface area contributed by atoms with Gasteiger partial charge in [0.05, 0.1) is 30.3 Å². The largest absolute Gasteiger partial charge is 0.481 e. The van der Waals surface area contributed by atoms with E-state index in [1.165, 1.54) is 0 Å². The maximum atomic E-state index is 11.7. The van der Waals surface area contributed by atoms with Crippen molar-refractivity contribution in [1.29, 1.82) is 0 Å². The molecule has 0 amide bonds. The molecule has 0 fully saturated rings. The first-order valence-corrected chi connectivity index (χ1v) is 9.01. The highest BCUT2D eigenvalue weighted by Gasteiger charge is 2.15. The van der Waals surface area contributed by atoms with Gasteiger partial charge < -0.3 is 39.7 Å². The van der Waals surface area contributed by atoms with Crippen LogP contribution in [0.3, 0.4) is 0 Å². The summed E-state index contributed by atoms with van der Waals surface area (Å²) in [6.07, 6.45) is -0.418. The van der Waals surface area contributed by atoms with Crippen LogP contribution in [0.4, 0.5) is 0 Å². The number of hydrogen-bond donors (Lipinski definition) is 5. The average molecular weight is 392 g/mol. The molecule has 0 saturated carbocycles. The summed E-state index contributed by atoms with van der Waals surface area (Å²) in [5.74, 6) is -1.97. The highest BCUT2D eigenvalue weighted by Crippen LogP contribution is 2.12. The molecule has 27 heavy (non-hydrogen) atoms. The van der Waals surface area contributed by atoms with Gasteiger partial charge in [-0.05, 0) is 19.3 Å². The number of hydrogen-bond acceptors (Lipinski definition) is 9. The molecule has 5 N–H and O–H groups in total. The van der Waals surface area contributed by atoms with E-state index < -0.39 is 42.8 Å². The second-order valence-corrected chi connectivity index (χ2v) is 5.99. The van der Waals surface area contributed by atoms with Crippen molar-refractivity contribution in [2.24, 2.45) is 0 Å². The fourth-order valence-electron chi connectivity index (χ4n) is 1.59. The van der Waals surface area contributed by atoms with Crippen LogP contribution < -0.4 is 0 Å². The Kier molecular flexibility index (Phi) is 13.1. The summed E-state index contributed by atoms with van der Waals surface area (Å²) in [5, 5.41) is 48.2. The number of ether oxygens (including phenoxy) is 3. The van der Waals surface area contributed by atoms with Crippen molar-refractivity contribution in [1.82, 2.24) is 0 Å². The van der Waals surface area contributed by atoms with Gasteiger partial charge in [0.15, 0.2) is 0 Å². The van der Waals surface area contributed by atoms with Crippen molar-refractivity contribution in [2.45, 2.75) is 64.8 Å². The minimum atomic E-state index is -0.836. The van der Waals surface area contributed by atoms with Crippen molar-refractivity contribution in [3.8, 4) is 0 Å². The zero-order valence-electron chi connectivity index (χ0n) is 16.1. The van der Waals surface area contributed by atoms with Crippen LogP contribution in [0.5, 0.6) is 0 Å². The quantitative estimate of drug-likeness (QED) is 0.168. The van der Waals surface area contributed by atoms with Gasteiger partial charge in [-0.25, -0.2) is 0 Å². The predicted molar refractivity (Wildman–Crippen MR) is 96.7 cm³/mol. The Morgan fingerprint density at radius 1 is 0.852 bits per heavy atom. The Hall–Kier alpha value is -1.97. The monoisotopic (exact) mass is 392 g/mol. The SMILES string of the molecule is CCC(O)CO/C(O)=C/C(COC(=O)CC(O)CC)=C(/O)OCC(O)CC. The molecule has 0 bridgehead atoms. The predicted octanol–water partition coefficient (Wildman–Crippen LogP) is 1.43. The molecule has 158 valence electrons. The lowest BCUT2D eigenvalue weighted by atomic mass is 10.2. The van der Waals surface area contributed by atoms with E-state index in [1.54, 1.807) is 20.8 Å². The lowest BCUT2D eigenvalue weighted by Crippen LogP contribution is -2.18. The third-order valence-corrected chi connectivity index (χ3v) is 3.61. The van der Waals surface area contributed by atoms with Crippen LogP contribution in [0.2, 0.25) is 0 Å². The lowest BCUT2D eigenvalue weighted by Gasteiger charge is -2.14. The molecular weight excluding hydrogens is 360 g/mol. The molecule has 9 nitrogen and oxygen atoms in total. The van der Waals surface area contributed by atoms with Gasteiger partial charge >= 0.3 is 5.97 Å². The second kappa shape index (κ2) is 14.1. The first-order chi connectivity index (χ1) is 12.7. The molecule has 3 unspecified atom stereocenters. The number of aliphatic hydroxyl groups is 5. The van der Waals surface area contributed by atoms with Gasteiger partial charge in [0.25, 0.3) is 11.9 Å². The smallest absolute Gasteiger partial charge is 0.308 e. The summed E-state index contributed by atoms with van der Waals surface area (Å²) >= 11 is 0.